The summed E-state index contributed by atoms with van der Waals surface area (Å²) in [4.78, 5) is 13.3. The number of hydrogen-bond donors (Lipinski definition) is 2. The average molecular weight is 189 g/mol. The summed E-state index contributed by atoms with van der Waals surface area (Å²) in [7, 11) is 0. The lowest BCUT2D eigenvalue weighted by atomic mass is 10.5. The first-order valence-electron chi connectivity index (χ1n) is 2.34. The SMILES string of the molecule is Nc1cc(=O)cc(Br)[nH]1. The van der Waals surface area contributed by atoms with E-state index in [4.69, 9.17) is 5.73 Å². The summed E-state index contributed by atoms with van der Waals surface area (Å²) in [5, 5.41) is 0. The van der Waals surface area contributed by atoms with Crippen molar-refractivity contribution < 1.29 is 0 Å². The van der Waals surface area contributed by atoms with Crippen LogP contribution in [0.15, 0.2) is 21.5 Å². The maximum Gasteiger partial charge on any atom is 0.184 e. The molecular weight excluding hydrogens is 184 g/mol. The summed E-state index contributed by atoms with van der Waals surface area (Å²) in [6, 6.07) is 2.74. The molecule has 0 saturated heterocycles. The highest BCUT2D eigenvalue weighted by molar-refractivity contribution is 9.10. The molecule has 0 spiro atoms. The van der Waals surface area contributed by atoms with Gasteiger partial charge in [0.25, 0.3) is 0 Å². The number of aromatic nitrogens is 1. The molecule has 1 rings (SSSR count). The Kier molecular flexibility index (Phi) is 1.57. The molecule has 1 aromatic heterocycles. The monoisotopic (exact) mass is 188 g/mol. The minimum Gasteiger partial charge on any atom is -0.385 e. The summed E-state index contributed by atoms with van der Waals surface area (Å²) in [6.07, 6.45) is 0. The minimum absolute atomic E-state index is 0.0990. The van der Waals surface area contributed by atoms with Gasteiger partial charge in [-0.2, -0.15) is 0 Å². The normalized spacial score (nSPS) is 9.44. The van der Waals surface area contributed by atoms with Gasteiger partial charge < -0.3 is 10.7 Å². The van der Waals surface area contributed by atoms with Crippen molar-refractivity contribution in [1.29, 1.82) is 0 Å². The molecule has 0 aromatic carbocycles. The molecular formula is C5H5BrN2O. The van der Waals surface area contributed by atoms with Crippen molar-refractivity contribution >= 4 is 21.7 Å². The van der Waals surface area contributed by atoms with E-state index in [9.17, 15) is 4.79 Å². The number of hydrogen-bond acceptors (Lipinski definition) is 2. The van der Waals surface area contributed by atoms with Crippen molar-refractivity contribution in [3.8, 4) is 0 Å². The number of H-pyrrole nitrogens is 1. The second-order valence-corrected chi connectivity index (χ2v) is 2.47. The number of nitrogens with two attached hydrogens (primary N) is 1. The lowest BCUT2D eigenvalue weighted by Gasteiger charge is -1.91. The molecule has 0 atom stereocenters. The molecule has 0 radical (unpaired) electrons. The first-order valence-corrected chi connectivity index (χ1v) is 3.13. The lowest BCUT2D eigenvalue weighted by Crippen LogP contribution is -2.01. The number of halogens is 1. The van der Waals surface area contributed by atoms with Crippen LogP contribution in [0.2, 0.25) is 0 Å². The first kappa shape index (κ1) is 6.35. The Morgan fingerprint density at radius 3 is 2.67 bits per heavy atom. The lowest BCUT2D eigenvalue weighted by molar-refractivity contribution is 1.27. The van der Waals surface area contributed by atoms with E-state index in [0.29, 0.717) is 10.4 Å². The van der Waals surface area contributed by atoms with Crippen LogP contribution in [-0.4, -0.2) is 4.98 Å². The standard InChI is InChI=1S/C5H5BrN2O/c6-4-1-3(9)2-5(7)8-4/h1-2H,(H3,7,8,9). The van der Waals surface area contributed by atoms with Gasteiger partial charge in [0.05, 0.1) is 4.60 Å². The number of anilines is 1. The fraction of sp³-hybridized carbons (Fsp3) is 0. The van der Waals surface area contributed by atoms with Gasteiger partial charge in [-0.3, -0.25) is 4.79 Å². The van der Waals surface area contributed by atoms with E-state index in [2.05, 4.69) is 20.9 Å². The van der Waals surface area contributed by atoms with Gasteiger partial charge in [0.1, 0.15) is 5.82 Å². The largest absolute Gasteiger partial charge is 0.385 e. The summed E-state index contributed by atoms with van der Waals surface area (Å²) in [5.74, 6) is 0.370. The third-order valence-electron chi connectivity index (χ3n) is 0.830. The summed E-state index contributed by atoms with van der Waals surface area (Å²) < 4.78 is 0.604. The highest BCUT2D eigenvalue weighted by Gasteiger charge is 1.89. The van der Waals surface area contributed by atoms with Gasteiger partial charge in [-0.05, 0) is 15.9 Å². The average Bonchev–Trinajstić information content (AvgIpc) is 1.59. The Morgan fingerprint density at radius 1 is 1.56 bits per heavy atom. The van der Waals surface area contributed by atoms with E-state index in [1.54, 1.807) is 0 Å². The molecule has 0 bridgehead atoms. The van der Waals surface area contributed by atoms with E-state index in [1.165, 1.54) is 12.1 Å². The molecule has 0 aliphatic carbocycles. The predicted molar refractivity (Wildman–Crippen MR) is 39.2 cm³/mol. The van der Waals surface area contributed by atoms with Crippen LogP contribution in [0.3, 0.4) is 0 Å². The predicted octanol–water partition coefficient (Wildman–Crippen LogP) is 0.720. The topological polar surface area (TPSA) is 58.9 Å². The molecule has 0 aliphatic rings. The fourth-order valence-corrected chi connectivity index (χ4v) is 0.984. The van der Waals surface area contributed by atoms with Gasteiger partial charge >= 0.3 is 0 Å². The van der Waals surface area contributed by atoms with Crippen LogP contribution in [0.5, 0.6) is 0 Å². The third-order valence-corrected chi connectivity index (χ3v) is 1.26. The van der Waals surface area contributed by atoms with Crippen molar-refractivity contribution in [3.05, 3.63) is 27.0 Å². The molecule has 0 aliphatic heterocycles. The van der Waals surface area contributed by atoms with Gasteiger partial charge in [0.15, 0.2) is 5.43 Å². The molecule has 0 fully saturated rings. The number of rotatable bonds is 0. The number of nitrogen functional groups attached to an aromatic ring is 1. The summed E-state index contributed by atoms with van der Waals surface area (Å²) in [5.41, 5.74) is 5.17. The second kappa shape index (κ2) is 2.23. The first-order chi connectivity index (χ1) is 4.18. The van der Waals surface area contributed by atoms with Gasteiger partial charge in [0.2, 0.25) is 0 Å². The van der Waals surface area contributed by atoms with E-state index in [1.807, 2.05) is 0 Å². The maximum atomic E-state index is 10.6. The van der Waals surface area contributed by atoms with E-state index in [-0.39, 0.29) is 5.43 Å². The Balaban J connectivity index is 3.33. The Bertz CT molecular complexity index is 245. The Morgan fingerprint density at radius 2 is 2.22 bits per heavy atom. The van der Waals surface area contributed by atoms with Crippen molar-refractivity contribution in [2.45, 2.75) is 0 Å². The highest BCUT2D eigenvalue weighted by Crippen LogP contribution is 2.02. The van der Waals surface area contributed by atoms with E-state index in [0.717, 1.165) is 0 Å². The third kappa shape index (κ3) is 1.57. The molecule has 9 heavy (non-hydrogen) atoms. The molecule has 0 amide bonds. The molecule has 1 aromatic rings. The van der Waals surface area contributed by atoms with Crippen molar-refractivity contribution in [2.75, 3.05) is 5.73 Å². The van der Waals surface area contributed by atoms with Crippen LogP contribution in [0.1, 0.15) is 0 Å². The van der Waals surface area contributed by atoms with Crippen LogP contribution < -0.4 is 11.2 Å². The zero-order valence-electron chi connectivity index (χ0n) is 4.52. The van der Waals surface area contributed by atoms with E-state index >= 15 is 0 Å². The van der Waals surface area contributed by atoms with E-state index < -0.39 is 0 Å². The summed E-state index contributed by atoms with van der Waals surface area (Å²) in [6.45, 7) is 0. The highest BCUT2D eigenvalue weighted by atomic mass is 79.9. The quantitative estimate of drug-likeness (QED) is 0.590. The fourth-order valence-electron chi connectivity index (χ4n) is 0.530. The van der Waals surface area contributed by atoms with Gasteiger partial charge in [-0.1, -0.05) is 0 Å². The zero-order valence-corrected chi connectivity index (χ0v) is 6.10. The second-order valence-electron chi connectivity index (χ2n) is 1.62. The molecule has 4 heteroatoms. The molecule has 48 valence electrons. The number of pyridine rings is 1. The number of aromatic amines is 1. The minimum atomic E-state index is -0.0990. The summed E-state index contributed by atoms with van der Waals surface area (Å²) >= 11 is 3.08. The van der Waals surface area contributed by atoms with Gasteiger partial charge in [-0.25, -0.2) is 0 Å². The van der Waals surface area contributed by atoms with Crippen LogP contribution in [0, 0.1) is 0 Å². The van der Waals surface area contributed by atoms with Crippen LogP contribution in [-0.2, 0) is 0 Å². The Hall–Kier alpha value is -0.770. The maximum absolute atomic E-state index is 10.6. The molecule has 0 unspecified atom stereocenters. The van der Waals surface area contributed by atoms with Gasteiger partial charge in [0, 0.05) is 12.1 Å². The molecule has 0 saturated carbocycles. The van der Waals surface area contributed by atoms with Crippen LogP contribution >= 0.6 is 15.9 Å². The van der Waals surface area contributed by atoms with Crippen molar-refractivity contribution in [1.82, 2.24) is 4.98 Å². The molecule has 1 heterocycles. The Labute approximate surface area is 60.0 Å². The molecule has 3 N–H and O–H groups in total. The van der Waals surface area contributed by atoms with Crippen LogP contribution in [0.25, 0.3) is 0 Å². The number of nitrogens with one attached hydrogen (secondary N) is 1. The smallest absolute Gasteiger partial charge is 0.184 e. The van der Waals surface area contributed by atoms with Crippen LogP contribution in [0.4, 0.5) is 5.82 Å². The van der Waals surface area contributed by atoms with Gasteiger partial charge in [-0.15, -0.1) is 0 Å². The zero-order chi connectivity index (χ0) is 6.85. The van der Waals surface area contributed by atoms with Crippen molar-refractivity contribution in [2.24, 2.45) is 0 Å². The van der Waals surface area contributed by atoms with Crippen molar-refractivity contribution in [3.63, 3.8) is 0 Å². The molecule has 3 nitrogen and oxygen atoms in total.